The monoisotopic (exact) mass is 198 g/mol. The van der Waals surface area contributed by atoms with Crippen LogP contribution in [0.1, 0.15) is 18.1 Å². The zero-order valence-corrected chi connectivity index (χ0v) is 8.33. The lowest BCUT2D eigenvalue weighted by Gasteiger charge is -2.00. The van der Waals surface area contributed by atoms with Gasteiger partial charge in [-0.1, -0.05) is 0 Å². The summed E-state index contributed by atoms with van der Waals surface area (Å²) < 4.78 is 4.77. The molecule has 1 aromatic heterocycles. The highest BCUT2D eigenvalue weighted by molar-refractivity contribution is 5.75. The Hall–Kier alpha value is -1.43. The number of ether oxygens (including phenoxy) is 1. The predicted molar refractivity (Wildman–Crippen MR) is 49.5 cm³/mol. The van der Waals surface area contributed by atoms with Crippen molar-refractivity contribution in [2.75, 3.05) is 13.7 Å². The number of nitrogens with one attached hydrogen (secondary N) is 2. The molecule has 1 heterocycles. The van der Waals surface area contributed by atoms with E-state index in [1.807, 2.05) is 6.92 Å². The van der Waals surface area contributed by atoms with Crippen LogP contribution in [0.4, 0.5) is 0 Å². The summed E-state index contributed by atoms with van der Waals surface area (Å²) in [5.74, 6) is 1.27. The van der Waals surface area contributed by atoms with Crippen LogP contribution < -0.4 is 5.32 Å². The van der Waals surface area contributed by atoms with E-state index < -0.39 is 0 Å². The number of aromatic amines is 1. The van der Waals surface area contributed by atoms with E-state index in [1.165, 1.54) is 0 Å². The van der Waals surface area contributed by atoms with E-state index in [1.54, 1.807) is 7.11 Å². The maximum atomic E-state index is 11.1. The number of rotatable bonds is 5. The van der Waals surface area contributed by atoms with Gasteiger partial charge in [0.05, 0.1) is 13.2 Å². The molecule has 14 heavy (non-hydrogen) atoms. The van der Waals surface area contributed by atoms with E-state index in [0.29, 0.717) is 25.4 Å². The molecular formula is C8H14N4O2. The number of amides is 1. The van der Waals surface area contributed by atoms with Gasteiger partial charge in [0.15, 0.2) is 5.82 Å². The lowest BCUT2D eigenvalue weighted by Crippen LogP contribution is -2.24. The third-order valence-corrected chi connectivity index (χ3v) is 1.62. The molecule has 0 unspecified atom stereocenters. The SMILES string of the molecule is COCCC(=O)NCc1n[nH]c(C)n1. The zero-order valence-electron chi connectivity index (χ0n) is 8.33. The summed E-state index contributed by atoms with van der Waals surface area (Å²) in [5, 5.41) is 9.27. The number of carbonyl (C=O) groups is 1. The van der Waals surface area contributed by atoms with Crippen molar-refractivity contribution in [1.29, 1.82) is 0 Å². The largest absolute Gasteiger partial charge is 0.384 e. The Morgan fingerprint density at radius 3 is 3.00 bits per heavy atom. The van der Waals surface area contributed by atoms with Crippen molar-refractivity contribution in [3.63, 3.8) is 0 Å². The van der Waals surface area contributed by atoms with Crippen LogP contribution in [0.2, 0.25) is 0 Å². The number of carbonyl (C=O) groups excluding carboxylic acids is 1. The topological polar surface area (TPSA) is 79.9 Å². The van der Waals surface area contributed by atoms with E-state index >= 15 is 0 Å². The van der Waals surface area contributed by atoms with Crippen LogP contribution in [0, 0.1) is 6.92 Å². The van der Waals surface area contributed by atoms with Crippen LogP contribution in [-0.4, -0.2) is 34.8 Å². The molecule has 0 spiro atoms. The van der Waals surface area contributed by atoms with Gasteiger partial charge in [0, 0.05) is 13.5 Å². The Morgan fingerprint density at radius 1 is 1.64 bits per heavy atom. The molecule has 0 bridgehead atoms. The molecule has 78 valence electrons. The summed E-state index contributed by atoms with van der Waals surface area (Å²) in [6.45, 7) is 2.59. The molecule has 2 N–H and O–H groups in total. The van der Waals surface area contributed by atoms with E-state index in [0.717, 1.165) is 5.82 Å². The fourth-order valence-electron chi connectivity index (χ4n) is 0.929. The molecular weight excluding hydrogens is 184 g/mol. The highest BCUT2D eigenvalue weighted by atomic mass is 16.5. The fourth-order valence-corrected chi connectivity index (χ4v) is 0.929. The Morgan fingerprint density at radius 2 is 2.43 bits per heavy atom. The molecule has 1 aromatic rings. The lowest BCUT2D eigenvalue weighted by molar-refractivity contribution is -0.122. The van der Waals surface area contributed by atoms with Gasteiger partial charge in [0.2, 0.25) is 5.91 Å². The molecule has 0 fully saturated rings. The van der Waals surface area contributed by atoms with Gasteiger partial charge in [-0.25, -0.2) is 4.98 Å². The van der Waals surface area contributed by atoms with Crippen molar-refractivity contribution in [3.8, 4) is 0 Å². The Kier molecular flexibility index (Phi) is 4.06. The van der Waals surface area contributed by atoms with E-state index in [2.05, 4.69) is 20.5 Å². The Bertz CT molecular complexity index is 297. The standard InChI is InChI=1S/C8H14N4O2/c1-6-10-7(12-11-6)5-9-8(13)3-4-14-2/h3-5H2,1-2H3,(H,9,13)(H,10,11,12). The third kappa shape index (κ3) is 3.53. The van der Waals surface area contributed by atoms with Gasteiger partial charge in [-0.2, -0.15) is 5.10 Å². The first kappa shape index (κ1) is 10.6. The summed E-state index contributed by atoms with van der Waals surface area (Å²) in [6.07, 6.45) is 0.361. The Labute approximate surface area is 82.1 Å². The number of hydrogen-bond donors (Lipinski definition) is 2. The number of H-pyrrole nitrogens is 1. The van der Waals surface area contributed by atoms with Crippen molar-refractivity contribution in [1.82, 2.24) is 20.5 Å². The van der Waals surface area contributed by atoms with Crippen molar-refractivity contribution in [2.24, 2.45) is 0 Å². The second kappa shape index (κ2) is 5.33. The molecule has 1 amide bonds. The van der Waals surface area contributed by atoms with Crippen LogP contribution in [0.15, 0.2) is 0 Å². The first-order valence-electron chi connectivity index (χ1n) is 4.36. The molecule has 6 nitrogen and oxygen atoms in total. The van der Waals surface area contributed by atoms with Gasteiger partial charge in [0.1, 0.15) is 5.82 Å². The molecule has 6 heteroatoms. The minimum atomic E-state index is -0.0608. The second-order valence-electron chi connectivity index (χ2n) is 2.86. The van der Waals surface area contributed by atoms with Gasteiger partial charge in [-0.05, 0) is 6.92 Å². The quantitative estimate of drug-likeness (QED) is 0.684. The highest BCUT2D eigenvalue weighted by Gasteiger charge is 2.03. The molecule has 0 aliphatic rings. The summed E-state index contributed by atoms with van der Waals surface area (Å²) in [6, 6.07) is 0. The number of aryl methyl sites for hydroxylation is 1. The third-order valence-electron chi connectivity index (χ3n) is 1.62. The smallest absolute Gasteiger partial charge is 0.222 e. The van der Waals surface area contributed by atoms with Crippen molar-refractivity contribution >= 4 is 5.91 Å². The molecule has 0 aromatic carbocycles. The fraction of sp³-hybridized carbons (Fsp3) is 0.625. The molecule has 0 saturated heterocycles. The molecule has 0 radical (unpaired) electrons. The average Bonchev–Trinajstić information content (AvgIpc) is 2.58. The van der Waals surface area contributed by atoms with Crippen molar-refractivity contribution in [2.45, 2.75) is 19.9 Å². The van der Waals surface area contributed by atoms with Gasteiger partial charge in [0.25, 0.3) is 0 Å². The maximum Gasteiger partial charge on any atom is 0.222 e. The number of nitrogens with zero attached hydrogens (tertiary/aromatic N) is 2. The summed E-state index contributed by atoms with van der Waals surface area (Å²) in [7, 11) is 1.56. The van der Waals surface area contributed by atoms with Crippen molar-refractivity contribution < 1.29 is 9.53 Å². The van der Waals surface area contributed by atoms with Gasteiger partial charge < -0.3 is 10.1 Å². The van der Waals surface area contributed by atoms with Crippen molar-refractivity contribution in [3.05, 3.63) is 11.6 Å². The molecule has 0 aliphatic heterocycles. The summed E-state index contributed by atoms with van der Waals surface area (Å²) in [4.78, 5) is 15.2. The zero-order chi connectivity index (χ0) is 10.4. The number of methoxy groups -OCH3 is 1. The van der Waals surface area contributed by atoms with Crippen LogP contribution in [0.25, 0.3) is 0 Å². The van der Waals surface area contributed by atoms with Gasteiger partial charge in [-0.3, -0.25) is 9.89 Å². The van der Waals surface area contributed by atoms with E-state index in [-0.39, 0.29) is 5.91 Å². The van der Waals surface area contributed by atoms with Gasteiger partial charge in [-0.15, -0.1) is 0 Å². The first-order chi connectivity index (χ1) is 6.72. The van der Waals surface area contributed by atoms with Crippen LogP contribution >= 0.6 is 0 Å². The minimum Gasteiger partial charge on any atom is -0.384 e. The molecule has 1 rings (SSSR count). The van der Waals surface area contributed by atoms with Gasteiger partial charge >= 0.3 is 0 Å². The summed E-state index contributed by atoms with van der Waals surface area (Å²) in [5.41, 5.74) is 0. The van der Waals surface area contributed by atoms with Crippen LogP contribution in [-0.2, 0) is 16.1 Å². The normalized spacial score (nSPS) is 10.1. The highest BCUT2D eigenvalue weighted by Crippen LogP contribution is 1.90. The molecule has 0 saturated carbocycles. The summed E-state index contributed by atoms with van der Waals surface area (Å²) >= 11 is 0. The predicted octanol–water partition coefficient (Wildman–Crippen LogP) is -0.234. The average molecular weight is 198 g/mol. The van der Waals surface area contributed by atoms with E-state index in [9.17, 15) is 4.79 Å². The first-order valence-corrected chi connectivity index (χ1v) is 4.36. The van der Waals surface area contributed by atoms with Crippen LogP contribution in [0.5, 0.6) is 0 Å². The van der Waals surface area contributed by atoms with Crippen LogP contribution in [0.3, 0.4) is 0 Å². The maximum absolute atomic E-state index is 11.1. The van der Waals surface area contributed by atoms with E-state index in [4.69, 9.17) is 4.74 Å². The number of hydrogen-bond acceptors (Lipinski definition) is 4. The second-order valence-corrected chi connectivity index (χ2v) is 2.86. The molecule has 0 aliphatic carbocycles. The lowest BCUT2D eigenvalue weighted by atomic mass is 10.4. The number of aromatic nitrogens is 3. The molecule has 0 atom stereocenters. The Balaban J connectivity index is 2.23. The minimum absolute atomic E-state index is 0.0608.